The molecule has 0 fully saturated rings. The molecule has 0 unspecified atom stereocenters. The quantitative estimate of drug-likeness (QED) is 0.0969. The summed E-state index contributed by atoms with van der Waals surface area (Å²) in [6.07, 6.45) is -11.0. The third-order valence-corrected chi connectivity index (χ3v) is 7.14. The van der Waals surface area contributed by atoms with Gasteiger partial charge in [0.1, 0.15) is 0 Å². The van der Waals surface area contributed by atoms with Gasteiger partial charge in [0, 0.05) is 21.9 Å². The number of terminal acetylenes is 2. The van der Waals surface area contributed by atoms with Gasteiger partial charge in [-0.05, 0) is 67.4 Å². The van der Waals surface area contributed by atoms with Gasteiger partial charge in [-0.2, -0.15) is 52.7 Å². The summed E-state index contributed by atoms with van der Waals surface area (Å²) in [6, 6.07) is 1.26. The van der Waals surface area contributed by atoms with Gasteiger partial charge in [-0.25, -0.2) is 0 Å². The lowest BCUT2D eigenvalue weighted by atomic mass is 9.86. The standard InChI is InChI=1S/C28H6F12/c1-3-9-5-12-16(26(32,33)34)8-14-22-20(12)19-11(9)6-15(25(29,30)31)13-7-17(27(35,36)37)18(23(22)21(13)19)10(4-2)24(14)28(38,39)40/h1-2,5-8H. The molecule has 0 N–H and O–H groups in total. The molecule has 0 radical (unpaired) electrons. The lowest BCUT2D eigenvalue weighted by Crippen LogP contribution is -2.14. The van der Waals surface area contributed by atoms with Gasteiger partial charge in [0.25, 0.3) is 0 Å². The summed E-state index contributed by atoms with van der Waals surface area (Å²) in [4.78, 5) is 0. The topological polar surface area (TPSA) is 0 Å². The number of alkyl halides is 12. The van der Waals surface area contributed by atoms with Crippen molar-refractivity contribution in [3.8, 4) is 24.7 Å². The minimum absolute atomic E-state index is 0.0394. The van der Waals surface area contributed by atoms with Crippen LogP contribution in [0.5, 0.6) is 0 Å². The summed E-state index contributed by atoms with van der Waals surface area (Å²) in [5, 5.41) is -7.80. The summed E-state index contributed by atoms with van der Waals surface area (Å²) < 4.78 is 172. The Hall–Kier alpha value is -4.32. The van der Waals surface area contributed by atoms with Gasteiger partial charge < -0.3 is 0 Å². The smallest absolute Gasteiger partial charge is 0.166 e. The number of hydrogen-bond donors (Lipinski definition) is 0. The highest BCUT2D eigenvalue weighted by molar-refractivity contribution is 6.46. The van der Waals surface area contributed by atoms with E-state index in [1.807, 2.05) is 5.92 Å². The molecule has 202 valence electrons. The van der Waals surface area contributed by atoms with Crippen molar-refractivity contribution >= 4 is 53.9 Å². The Kier molecular flexibility index (Phi) is 4.70. The largest absolute Gasteiger partial charge is 0.418 e. The molecule has 0 amide bonds. The molecule has 0 aliphatic heterocycles. The molecule has 0 aromatic heterocycles. The summed E-state index contributed by atoms with van der Waals surface area (Å²) in [7, 11) is 0. The minimum Gasteiger partial charge on any atom is -0.166 e. The molecule has 40 heavy (non-hydrogen) atoms. The monoisotopic (exact) mass is 570 g/mol. The normalized spacial score (nSPS) is 13.9. The molecular weight excluding hydrogens is 564 g/mol. The Balaban J connectivity index is 2.16. The molecule has 6 aromatic rings. The lowest BCUT2D eigenvalue weighted by molar-refractivity contribution is -0.139. The van der Waals surface area contributed by atoms with Crippen molar-refractivity contribution in [3.05, 3.63) is 57.6 Å². The van der Waals surface area contributed by atoms with Crippen LogP contribution in [0, 0.1) is 24.7 Å². The summed E-state index contributed by atoms with van der Waals surface area (Å²) in [6.45, 7) is 0. The first-order valence-corrected chi connectivity index (χ1v) is 10.9. The van der Waals surface area contributed by atoms with Crippen LogP contribution in [0.25, 0.3) is 53.9 Å². The maximum absolute atomic E-state index is 14.4. The Bertz CT molecular complexity index is 2100. The maximum Gasteiger partial charge on any atom is 0.418 e. The van der Waals surface area contributed by atoms with E-state index >= 15 is 0 Å². The average Bonchev–Trinajstić information content (AvgIpc) is 3.17. The maximum atomic E-state index is 14.4. The highest BCUT2D eigenvalue weighted by Crippen LogP contribution is 2.58. The second-order valence-corrected chi connectivity index (χ2v) is 9.17. The highest BCUT2D eigenvalue weighted by atomic mass is 19.4. The number of rotatable bonds is 0. The molecule has 0 nitrogen and oxygen atoms in total. The van der Waals surface area contributed by atoms with Crippen LogP contribution in [0.4, 0.5) is 52.7 Å². The third kappa shape index (κ3) is 3.10. The molecule has 0 saturated heterocycles. The number of hydrogen-bond acceptors (Lipinski definition) is 0. The second-order valence-electron chi connectivity index (χ2n) is 9.17. The molecule has 6 rings (SSSR count). The molecule has 0 atom stereocenters. The van der Waals surface area contributed by atoms with Gasteiger partial charge in [0.15, 0.2) is 0 Å². The van der Waals surface area contributed by atoms with E-state index in [-0.39, 0.29) is 12.1 Å². The van der Waals surface area contributed by atoms with Crippen LogP contribution in [0.2, 0.25) is 0 Å². The zero-order valence-electron chi connectivity index (χ0n) is 19.0. The summed E-state index contributed by atoms with van der Waals surface area (Å²) in [5.41, 5.74) is -8.94. The van der Waals surface area contributed by atoms with Crippen LogP contribution in [-0.2, 0) is 24.7 Å². The molecule has 0 heterocycles. The number of halogens is 12. The predicted molar refractivity (Wildman–Crippen MR) is 123 cm³/mol. The third-order valence-electron chi connectivity index (χ3n) is 7.14. The lowest BCUT2D eigenvalue weighted by Gasteiger charge is -2.21. The van der Waals surface area contributed by atoms with Gasteiger partial charge >= 0.3 is 24.7 Å². The Morgan fingerprint density at radius 2 is 0.850 bits per heavy atom. The van der Waals surface area contributed by atoms with Crippen LogP contribution < -0.4 is 0 Å². The van der Waals surface area contributed by atoms with Crippen molar-refractivity contribution in [1.29, 1.82) is 0 Å². The minimum atomic E-state index is -5.55. The zero-order valence-corrected chi connectivity index (χ0v) is 19.0. The average molecular weight is 570 g/mol. The molecule has 0 spiro atoms. The number of benzene rings is 5. The van der Waals surface area contributed by atoms with Gasteiger partial charge in [-0.15, -0.1) is 12.8 Å². The Labute approximate surface area is 214 Å². The van der Waals surface area contributed by atoms with Crippen molar-refractivity contribution in [2.45, 2.75) is 24.7 Å². The SMILES string of the molecule is C#Cc1cc2c(C(F)(F)F)cc3c(C(F)(F)F)c(C#C)c4c(C(F)(F)F)cc5c(C(F)(F)F)cc1c1c2c3c4c51. The van der Waals surface area contributed by atoms with E-state index in [4.69, 9.17) is 12.8 Å². The van der Waals surface area contributed by atoms with E-state index in [1.165, 1.54) is 5.92 Å². The Morgan fingerprint density at radius 3 is 1.32 bits per heavy atom. The molecule has 0 aliphatic carbocycles. The Morgan fingerprint density at radius 1 is 0.425 bits per heavy atom. The van der Waals surface area contributed by atoms with Crippen LogP contribution in [0.1, 0.15) is 33.4 Å². The van der Waals surface area contributed by atoms with Gasteiger partial charge in [0.2, 0.25) is 0 Å². The van der Waals surface area contributed by atoms with Crippen molar-refractivity contribution in [1.82, 2.24) is 0 Å². The van der Waals surface area contributed by atoms with Crippen LogP contribution in [0.15, 0.2) is 24.3 Å². The molecular formula is C28H6F12. The van der Waals surface area contributed by atoms with Crippen LogP contribution >= 0.6 is 0 Å². The van der Waals surface area contributed by atoms with Crippen molar-refractivity contribution in [3.63, 3.8) is 0 Å². The van der Waals surface area contributed by atoms with E-state index in [2.05, 4.69) is 0 Å². The first-order chi connectivity index (χ1) is 18.3. The van der Waals surface area contributed by atoms with E-state index in [0.29, 0.717) is 12.1 Å². The molecule has 0 saturated carbocycles. The first kappa shape index (κ1) is 25.9. The van der Waals surface area contributed by atoms with Crippen molar-refractivity contribution in [2.75, 3.05) is 0 Å². The van der Waals surface area contributed by atoms with E-state index < -0.39 is 112 Å². The van der Waals surface area contributed by atoms with Crippen molar-refractivity contribution in [2.24, 2.45) is 0 Å². The fourth-order valence-electron chi connectivity index (χ4n) is 5.86. The second kappa shape index (κ2) is 7.25. The summed E-state index contributed by atoms with van der Waals surface area (Å²) in [5.74, 6) is 3.53. The molecule has 6 aromatic carbocycles. The first-order valence-electron chi connectivity index (χ1n) is 10.9. The molecule has 12 heteroatoms. The fourth-order valence-corrected chi connectivity index (χ4v) is 5.86. The van der Waals surface area contributed by atoms with E-state index in [1.54, 1.807) is 0 Å². The van der Waals surface area contributed by atoms with Crippen molar-refractivity contribution < 1.29 is 52.7 Å². The van der Waals surface area contributed by atoms with Crippen LogP contribution in [-0.4, -0.2) is 0 Å². The van der Waals surface area contributed by atoms with Gasteiger partial charge in [-0.1, -0.05) is 11.8 Å². The van der Waals surface area contributed by atoms with Gasteiger partial charge in [0.05, 0.1) is 22.3 Å². The van der Waals surface area contributed by atoms with Crippen LogP contribution in [0.3, 0.4) is 0 Å². The predicted octanol–water partition coefficient (Wildman–Crippen LogP) is 9.80. The fraction of sp³-hybridized carbons (Fsp3) is 0.143. The van der Waals surface area contributed by atoms with E-state index in [0.717, 1.165) is 0 Å². The highest BCUT2D eigenvalue weighted by Gasteiger charge is 2.45. The zero-order chi connectivity index (χ0) is 29.5. The molecule has 0 bridgehead atoms. The molecule has 0 aliphatic rings. The summed E-state index contributed by atoms with van der Waals surface area (Å²) >= 11 is 0. The van der Waals surface area contributed by atoms with Gasteiger partial charge in [-0.3, -0.25) is 0 Å². The van der Waals surface area contributed by atoms with E-state index in [9.17, 15) is 52.7 Å².